The van der Waals surface area contributed by atoms with Crippen molar-refractivity contribution in [2.24, 2.45) is 0 Å². The van der Waals surface area contributed by atoms with Crippen molar-refractivity contribution in [2.45, 2.75) is 9.79 Å². The van der Waals surface area contributed by atoms with E-state index in [4.69, 9.17) is 11.6 Å². The highest BCUT2D eigenvalue weighted by Gasteiger charge is 2.15. The lowest BCUT2D eigenvalue weighted by Crippen LogP contribution is -2.19. The Balaban J connectivity index is 1.58. The van der Waals surface area contributed by atoms with E-state index in [1.54, 1.807) is 18.2 Å². The van der Waals surface area contributed by atoms with Crippen LogP contribution in [0, 0.1) is 0 Å². The minimum absolute atomic E-state index is 0.0238. The van der Waals surface area contributed by atoms with Gasteiger partial charge in [-0.25, -0.2) is 0 Å². The summed E-state index contributed by atoms with van der Waals surface area (Å²) in [6, 6.07) is 12.9. The first-order valence-electron chi connectivity index (χ1n) is 6.85. The molecule has 0 aliphatic carbocycles. The lowest BCUT2D eigenvalue weighted by molar-refractivity contribution is -0.114. The van der Waals surface area contributed by atoms with Crippen molar-refractivity contribution < 1.29 is 9.59 Å². The molecule has 2 aromatic carbocycles. The van der Waals surface area contributed by atoms with Gasteiger partial charge in [0.25, 0.3) is 0 Å². The Hall–Kier alpha value is -1.63. The van der Waals surface area contributed by atoms with Gasteiger partial charge in [0.15, 0.2) is 0 Å². The van der Waals surface area contributed by atoms with Gasteiger partial charge in [-0.3, -0.25) is 9.59 Å². The Morgan fingerprint density at radius 1 is 1.26 bits per heavy atom. The Morgan fingerprint density at radius 2 is 2.04 bits per heavy atom. The molecule has 118 valence electrons. The average Bonchev–Trinajstić information content (AvgIpc) is 2.54. The minimum Gasteiger partial charge on any atom is -0.325 e. The molecule has 3 rings (SSSR count). The molecule has 2 N–H and O–H groups in total. The molecular formula is C16H13ClN2O2S2. The molecule has 1 aliphatic heterocycles. The van der Waals surface area contributed by atoms with E-state index in [0.29, 0.717) is 22.2 Å². The zero-order valence-electron chi connectivity index (χ0n) is 12.0. The summed E-state index contributed by atoms with van der Waals surface area (Å²) in [4.78, 5) is 25.4. The number of hydrogen-bond donors (Lipinski definition) is 2. The van der Waals surface area contributed by atoms with Gasteiger partial charge in [0.1, 0.15) is 0 Å². The zero-order chi connectivity index (χ0) is 16.2. The van der Waals surface area contributed by atoms with Crippen molar-refractivity contribution in [1.29, 1.82) is 0 Å². The van der Waals surface area contributed by atoms with Crippen LogP contribution in [0.5, 0.6) is 0 Å². The highest BCUT2D eigenvalue weighted by atomic mass is 35.5. The Labute approximate surface area is 147 Å². The fraction of sp³-hybridized carbons (Fsp3) is 0.125. The summed E-state index contributed by atoms with van der Waals surface area (Å²) in [5.41, 5.74) is 1.42. The molecule has 2 aromatic rings. The average molecular weight is 365 g/mol. The first-order valence-corrected chi connectivity index (χ1v) is 9.20. The highest BCUT2D eigenvalue weighted by Crippen LogP contribution is 2.33. The third-order valence-electron chi connectivity index (χ3n) is 3.08. The molecule has 7 heteroatoms. The van der Waals surface area contributed by atoms with Crippen molar-refractivity contribution in [3.63, 3.8) is 0 Å². The van der Waals surface area contributed by atoms with E-state index in [2.05, 4.69) is 10.6 Å². The van der Waals surface area contributed by atoms with Crippen LogP contribution in [-0.2, 0) is 9.59 Å². The van der Waals surface area contributed by atoms with Crippen LogP contribution >= 0.6 is 35.1 Å². The highest BCUT2D eigenvalue weighted by molar-refractivity contribution is 8.00. The molecule has 0 spiro atoms. The van der Waals surface area contributed by atoms with Gasteiger partial charge in [-0.2, -0.15) is 0 Å². The maximum absolute atomic E-state index is 12.0. The summed E-state index contributed by atoms with van der Waals surface area (Å²) in [5.74, 6) is 0.611. The van der Waals surface area contributed by atoms with E-state index in [1.165, 1.54) is 23.5 Å². The molecule has 0 unspecified atom stereocenters. The molecule has 0 saturated carbocycles. The van der Waals surface area contributed by atoms with Gasteiger partial charge in [-0.05, 0) is 42.5 Å². The monoisotopic (exact) mass is 364 g/mol. The fourth-order valence-electron chi connectivity index (χ4n) is 2.04. The van der Waals surface area contributed by atoms with E-state index >= 15 is 0 Å². The number of fused-ring (bicyclic) bond motifs is 1. The number of rotatable bonds is 4. The number of amides is 2. The van der Waals surface area contributed by atoms with Crippen LogP contribution in [0.3, 0.4) is 0 Å². The number of benzene rings is 2. The molecule has 0 aromatic heterocycles. The smallest absolute Gasteiger partial charge is 0.234 e. The summed E-state index contributed by atoms with van der Waals surface area (Å²) in [6.07, 6.45) is 0. The molecule has 0 atom stereocenters. The predicted octanol–water partition coefficient (Wildman–Crippen LogP) is 4.12. The van der Waals surface area contributed by atoms with E-state index in [9.17, 15) is 9.59 Å². The first kappa shape index (κ1) is 16.2. The van der Waals surface area contributed by atoms with Crippen LogP contribution in [0.1, 0.15) is 0 Å². The van der Waals surface area contributed by atoms with Gasteiger partial charge < -0.3 is 10.6 Å². The lowest BCUT2D eigenvalue weighted by Gasteiger charge is -2.17. The number of halogens is 1. The van der Waals surface area contributed by atoms with Gasteiger partial charge in [0.05, 0.1) is 17.2 Å². The largest absolute Gasteiger partial charge is 0.325 e. The van der Waals surface area contributed by atoms with E-state index in [0.717, 1.165) is 15.5 Å². The summed E-state index contributed by atoms with van der Waals surface area (Å²) < 4.78 is 0. The van der Waals surface area contributed by atoms with Gasteiger partial charge >= 0.3 is 0 Å². The fourth-order valence-corrected chi connectivity index (χ4v) is 3.65. The number of carbonyl (C=O) groups excluding carboxylic acids is 2. The number of nitrogens with one attached hydrogen (secondary N) is 2. The lowest BCUT2D eigenvalue weighted by atomic mass is 10.2. The molecule has 0 bridgehead atoms. The van der Waals surface area contributed by atoms with Gasteiger partial charge in [0, 0.05) is 20.5 Å². The third kappa shape index (κ3) is 4.43. The summed E-state index contributed by atoms with van der Waals surface area (Å²) in [7, 11) is 0. The zero-order valence-corrected chi connectivity index (χ0v) is 14.4. The molecule has 0 saturated heterocycles. The van der Waals surface area contributed by atoms with Crippen molar-refractivity contribution in [1.82, 2.24) is 0 Å². The van der Waals surface area contributed by atoms with Crippen molar-refractivity contribution >= 4 is 58.3 Å². The molecule has 1 aliphatic rings. The van der Waals surface area contributed by atoms with Crippen molar-refractivity contribution in [2.75, 3.05) is 22.1 Å². The summed E-state index contributed by atoms with van der Waals surface area (Å²) >= 11 is 8.76. The number of carbonyl (C=O) groups is 2. The summed E-state index contributed by atoms with van der Waals surface area (Å²) in [6.45, 7) is 0. The predicted molar refractivity (Wildman–Crippen MR) is 96.6 cm³/mol. The SMILES string of the molecule is O=C(CSc1ccc(Cl)cc1)Nc1ccc2c(c1)NC(=O)CS2. The Morgan fingerprint density at radius 3 is 2.83 bits per heavy atom. The summed E-state index contributed by atoms with van der Waals surface area (Å²) in [5, 5.41) is 6.32. The van der Waals surface area contributed by atoms with Crippen LogP contribution in [0.25, 0.3) is 0 Å². The van der Waals surface area contributed by atoms with Crippen molar-refractivity contribution in [3.05, 3.63) is 47.5 Å². The van der Waals surface area contributed by atoms with Crippen LogP contribution in [0.2, 0.25) is 5.02 Å². The van der Waals surface area contributed by atoms with Crippen LogP contribution in [-0.4, -0.2) is 23.3 Å². The number of anilines is 2. The minimum atomic E-state index is -0.0975. The first-order chi connectivity index (χ1) is 11.1. The molecular weight excluding hydrogens is 352 g/mol. The number of hydrogen-bond acceptors (Lipinski definition) is 4. The maximum atomic E-state index is 12.0. The molecule has 1 heterocycles. The number of thioether (sulfide) groups is 2. The van der Waals surface area contributed by atoms with Gasteiger partial charge in [-0.1, -0.05) is 11.6 Å². The second-order valence-corrected chi connectivity index (χ2v) is 7.34. The van der Waals surface area contributed by atoms with E-state index in [-0.39, 0.29) is 11.8 Å². The van der Waals surface area contributed by atoms with Crippen LogP contribution in [0.4, 0.5) is 11.4 Å². The Bertz CT molecular complexity index is 750. The molecule has 2 amide bonds. The second kappa shape index (κ2) is 7.29. The van der Waals surface area contributed by atoms with E-state index < -0.39 is 0 Å². The molecule has 0 fully saturated rings. The molecule has 4 nitrogen and oxygen atoms in total. The topological polar surface area (TPSA) is 58.2 Å². The van der Waals surface area contributed by atoms with Gasteiger partial charge in [-0.15, -0.1) is 23.5 Å². The van der Waals surface area contributed by atoms with Crippen molar-refractivity contribution in [3.8, 4) is 0 Å². The standard InChI is InChI=1S/C16H13ClN2O2S2/c17-10-1-4-12(5-2-10)22-8-15(20)18-11-3-6-14-13(7-11)19-16(21)9-23-14/h1-7H,8-9H2,(H,18,20)(H,19,21). The quantitative estimate of drug-likeness (QED) is 0.801. The second-order valence-electron chi connectivity index (χ2n) is 4.84. The third-order valence-corrected chi connectivity index (χ3v) is 5.42. The molecule has 23 heavy (non-hydrogen) atoms. The van der Waals surface area contributed by atoms with Crippen LogP contribution < -0.4 is 10.6 Å². The van der Waals surface area contributed by atoms with E-state index in [1.807, 2.05) is 24.3 Å². The van der Waals surface area contributed by atoms with Crippen LogP contribution in [0.15, 0.2) is 52.3 Å². The molecule has 0 radical (unpaired) electrons. The van der Waals surface area contributed by atoms with Gasteiger partial charge in [0.2, 0.25) is 11.8 Å². The Kier molecular flexibility index (Phi) is 5.15. The maximum Gasteiger partial charge on any atom is 0.234 e. The normalized spacial score (nSPS) is 13.2.